The Morgan fingerprint density at radius 3 is 2.55 bits per heavy atom. The molecule has 0 fully saturated rings. The van der Waals surface area contributed by atoms with Gasteiger partial charge in [-0.2, -0.15) is 0 Å². The van der Waals surface area contributed by atoms with Gasteiger partial charge in [0.15, 0.2) is 0 Å². The second-order valence-corrected chi connectivity index (χ2v) is 6.31. The summed E-state index contributed by atoms with van der Waals surface area (Å²) in [7, 11) is -1.18. The normalized spacial score (nSPS) is 16.9. The molecule has 0 bridgehead atoms. The first-order valence-corrected chi connectivity index (χ1v) is 7.63. The molecule has 0 aliphatic carbocycles. The van der Waals surface area contributed by atoms with Crippen LogP contribution in [0.3, 0.4) is 0 Å². The minimum atomic E-state index is -1.18. The molecule has 1 aliphatic rings. The fourth-order valence-electron chi connectivity index (χ4n) is 2.57. The number of benzene rings is 2. The molecule has 1 atom stereocenters. The highest BCUT2D eigenvalue weighted by Crippen LogP contribution is 2.29. The number of aliphatic carboxylic acids is 1. The van der Waals surface area contributed by atoms with Crippen LogP contribution >= 0.6 is 0 Å². The van der Waals surface area contributed by atoms with Gasteiger partial charge in [-0.15, -0.1) is 0 Å². The molecule has 0 spiro atoms. The predicted octanol–water partition coefficient (Wildman–Crippen LogP) is 2.58. The highest BCUT2D eigenvalue weighted by Gasteiger charge is 2.20. The van der Waals surface area contributed by atoms with Crippen molar-refractivity contribution in [3.05, 3.63) is 59.2 Å². The minimum absolute atomic E-state index is 0.00681. The number of carboxylic acids is 1. The molecule has 0 saturated heterocycles. The molecule has 0 unspecified atom stereocenters. The lowest BCUT2D eigenvalue weighted by molar-refractivity contribution is -0.136. The maximum Gasteiger partial charge on any atom is 0.307 e. The van der Waals surface area contributed by atoms with Crippen molar-refractivity contribution >= 4 is 16.8 Å². The van der Waals surface area contributed by atoms with Crippen LogP contribution in [-0.4, -0.2) is 15.3 Å². The molecular weight excluding hydrogens is 272 g/mol. The summed E-state index contributed by atoms with van der Waals surface area (Å²) in [5.74, 6) is -0.844. The van der Waals surface area contributed by atoms with Crippen LogP contribution in [0, 0.1) is 0 Å². The first kappa shape index (κ1) is 13.1. The standard InChI is InChI=1S/C16H14O3S/c17-16(18)10-11-5-8-15-13(9-11)7-6-12-3-1-2-4-14(12)20(15)19/h1-5,8-9H,6-7,10H2,(H,17,18)/t20-/m0/s1. The summed E-state index contributed by atoms with van der Waals surface area (Å²) in [5, 5.41) is 8.86. The van der Waals surface area contributed by atoms with Gasteiger partial charge in [-0.1, -0.05) is 30.3 Å². The van der Waals surface area contributed by atoms with Gasteiger partial charge < -0.3 is 5.11 Å². The average Bonchev–Trinajstić information content (AvgIpc) is 2.57. The lowest BCUT2D eigenvalue weighted by Gasteiger charge is -2.07. The Bertz CT molecular complexity index is 707. The van der Waals surface area contributed by atoms with Crippen molar-refractivity contribution in [1.29, 1.82) is 0 Å². The van der Waals surface area contributed by atoms with Gasteiger partial charge in [0.25, 0.3) is 0 Å². The molecule has 0 radical (unpaired) electrons. The van der Waals surface area contributed by atoms with Crippen molar-refractivity contribution in [1.82, 2.24) is 0 Å². The van der Waals surface area contributed by atoms with Crippen LogP contribution in [0.5, 0.6) is 0 Å². The van der Waals surface area contributed by atoms with Crippen LogP contribution in [0.15, 0.2) is 52.3 Å². The predicted molar refractivity (Wildman–Crippen MR) is 76.3 cm³/mol. The number of hydrogen-bond acceptors (Lipinski definition) is 2. The van der Waals surface area contributed by atoms with E-state index in [9.17, 15) is 9.00 Å². The molecule has 3 rings (SSSR count). The second-order valence-electron chi connectivity index (χ2n) is 4.89. The SMILES string of the molecule is O=C(O)Cc1ccc2c(c1)CCc1ccccc1[S@@]2=O. The first-order chi connectivity index (χ1) is 9.65. The molecule has 1 aliphatic heterocycles. The summed E-state index contributed by atoms with van der Waals surface area (Å²) in [5.41, 5.74) is 2.87. The minimum Gasteiger partial charge on any atom is -0.481 e. The Labute approximate surface area is 119 Å². The zero-order valence-corrected chi connectivity index (χ0v) is 11.7. The van der Waals surface area contributed by atoms with Crippen molar-refractivity contribution in [2.24, 2.45) is 0 Å². The molecule has 1 heterocycles. The number of aryl methyl sites for hydroxylation is 2. The van der Waals surface area contributed by atoms with Crippen molar-refractivity contribution in [2.45, 2.75) is 29.1 Å². The van der Waals surface area contributed by atoms with E-state index >= 15 is 0 Å². The number of carboxylic acid groups (broad SMARTS) is 1. The molecule has 2 aromatic rings. The van der Waals surface area contributed by atoms with Gasteiger partial charge in [0.05, 0.1) is 17.2 Å². The monoisotopic (exact) mass is 286 g/mol. The maximum atomic E-state index is 12.7. The number of rotatable bonds is 2. The highest BCUT2D eigenvalue weighted by atomic mass is 32.2. The van der Waals surface area contributed by atoms with Crippen molar-refractivity contribution in [2.75, 3.05) is 0 Å². The third-order valence-corrected chi connectivity index (χ3v) is 5.11. The molecule has 1 N–H and O–H groups in total. The molecule has 0 saturated carbocycles. The van der Waals surface area contributed by atoms with Crippen LogP contribution < -0.4 is 0 Å². The van der Waals surface area contributed by atoms with E-state index in [0.717, 1.165) is 39.3 Å². The summed E-state index contributed by atoms with van der Waals surface area (Å²) in [6, 6.07) is 13.2. The smallest absolute Gasteiger partial charge is 0.307 e. The number of carbonyl (C=O) groups is 1. The molecule has 0 amide bonds. The van der Waals surface area contributed by atoms with E-state index in [1.807, 2.05) is 36.4 Å². The second kappa shape index (κ2) is 5.21. The van der Waals surface area contributed by atoms with Crippen LogP contribution in [0.4, 0.5) is 0 Å². The lowest BCUT2D eigenvalue weighted by Crippen LogP contribution is -2.02. The Balaban J connectivity index is 2.05. The van der Waals surface area contributed by atoms with Crippen molar-refractivity contribution in [3.63, 3.8) is 0 Å². The van der Waals surface area contributed by atoms with E-state index in [0.29, 0.717) is 0 Å². The van der Waals surface area contributed by atoms with Crippen LogP contribution in [-0.2, 0) is 34.9 Å². The first-order valence-electron chi connectivity index (χ1n) is 6.48. The van der Waals surface area contributed by atoms with Gasteiger partial charge in [0.2, 0.25) is 0 Å². The Morgan fingerprint density at radius 1 is 1.05 bits per heavy atom. The van der Waals surface area contributed by atoms with Gasteiger partial charge in [-0.05, 0) is 41.7 Å². The van der Waals surface area contributed by atoms with Crippen molar-refractivity contribution < 1.29 is 14.1 Å². The maximum absolute atomic E-state index is 12.7. The zero-order valence-electron chi connectivity index (χ0n) is 10.8. The summed E-state index contributed by atoms with van der Waals surface area (Å²) in [4.78, 5) is 12.5. The third-order valence-electron chi connectivity index (χ3n) is 3.52. The fraction of sp³-hybridized carbons (Fsp3) is 0.188. The van der Waals surface area contributed by atoms with Gasteiger partial charge in [-0.25, -0.2) is 4.21 Å². The topological polar surface area (TPSA) is 54.4 Å². The Hall–Kier alpha value is -1.94. The lowest BCUT2D eigenvalue weighted by atomic mass is 10.0. The number of hydrogen-bond donors (Lipinski definition) is 1. The van der Waals surface area contributed by atoms with Crippen molar-refractivity contribution in [3.8, 4) is 0 Å². The summed E-state index contributed by atoms with van der Waals surface area (Å²) in [6.45, 7) is 0. The number of fused-ring (bicyclic) bond motifs is 2. The van der Waals surface area contributed by atoms with Gasteiger partial charge in [-0.3, -0.25) is 4.79 Å². The highest BCUT2D eigenvalue weighted by molar-refractivity contribution is 7.85. The van der Waals surface area contributed by atoms with Gasteiger partial charge in [0, 0.05) is 9.79 Å². The summed E-state index contributed by atoms with van der Waals surface area (Å²) >= 11 is 0. The molecule has 0 aromatic heterocycles. The van der Waals surface area contributed by atoms with E-state index in [1.54, 1.807) is 6.07 Å². The average molecular weight is 286 g/mol. The van der Waals surface area contributed by atoms with Crippen LogP contribution in [0.1, 0.15) is 16.7 Å². The zero-order chi connectivity index (χ0) is 14.1. The van der Waals surface area contributed by atoms with E-state index in [2.05, 4.69) is 0 Å². The quantitative estimate of drug-likeness (QED) is 0.923. The van der Waals surface area contributed by atoms with E-state index in [4.69, 9.17) is 5.11 Å². The Kier molecular flexibility index (Phi) is 3.40. The molecule has 4 heteroatoms. The molecule has 2 aromatic carbocycles. The molecule has 102 valence electrons. The van der Waals surface area contributed by atoms with E-state index < -0.39 is 16.8 Å². The summed E-state index contributed by atoms with van der Waals surface area (Å²) < 4.78 is 12.7. The van der Waals surface area contributed by atoms with E-state index in [1.165, 1.54) is 0 Å². The van der Waals surface area contributed by atoms with Crippen LogP contribution in [0.2, 0.25) is 0 Å². The van der Waals surface area contributed by atoms with Gasteiger partial charge >= 0.3 is 5.97 Å². The van der Waals surface area contributed by atoms with Gasteiger partial charge in [0.1, 0.15) is 0 Å². The summed E-state index contributed by atoms with van der Waals surface area (Å²) in [6.07, 6.45) is 1.64. The van der Waals surface area contributed by atoms with E-state index in [-0.39, 0.29) is 6.42 Å². The fourth-order valence-corrected chi connectivity index (χ4v) is 4.01. The molecule has 3 nitrogen and oxygen atoms in total. The molecular formula is C16H14O3S. The third kappa shape index (κ3) is 2.39. The van der Waals surface area contributed by atoms with Crippen LogP contribution in [0.25, 0.3) is 0 Å². The largest absolute Gasteiger partial charge is 0.481 e. The molecule has 20 heavy (non-hydrogen) atoms. The Morgan fingerprint density at radius 2 is 1.75 bits per heavy atom.